The molecule has 4 aromatic rings. The normalized spacial score (nSPS) is 15.0. The van der Waals surface area contributed by atoms with E-state index in [-0.39, 0.29) is 24.2 Å². The summed E-state index contributed by atoms with van der Waals surface area (Å²) in [6.45, 7) is 6.82. The number of urea groups is 1. The number of fused-ring (bicyclic) bond motifs is 1. The number of piperazine rings is 1. The third kappa shape index (κ3) is 4.87. The number of hydrogen-bond acceptors (Lipinski definition) is 4. The lowest BCUT2D eigenvalue weighted by Gasteiger charge is -2.37. The van der Waals surface area contributed by atoms with Gasteiger partial charge >= 0.3 is 6.03 Å². The fourth-order valence-electron chi connectivity index (χ4n) is 5.85. The van der Waals surface area contributed by atoms with Crippen LogP contribution in [0.3, 0.4) is 0 Å². The van der Waals surface area contributed by atoms with Gasteiger partial charge in [-0.15, -0.1) is 0 Å². The first kappa shape index (κ1) is 26.7. The molecule has 41 heavy (non-hydrogen) atoms. The van der Waals surface area contributed by atoms with E-state index in [2.05, 4.69) is 29.3 Å². The fourth-order valence-corrected chi connectivity index (χ4v) is 6.08. The van der Waals surface area contributed by atoms with E-state index in [4.69, 9.17) is 11.6 Å². The Morgan fingerprint density at radius 2 is 1.54 bits per heavy atom. The Bertz CT molecular complexity index is 1640. The van der Waals surface area contributed by atoms with Crippen LogP contribution in [-0.2, 0) is 6.54 Å². The van der Waals surface area contributed by atoms with Crippen molar-refractivity contribution in [1.82, 2.24) is 10.2 Å². The average Bonchev–Trinajstić information content (AvgIpc) is 2.98. The number of phenols is 1. The van der Waals surface area contributed by atoms with Gasteiger partial charge in [0.2, 0.25) is 0 Å². The summed E-state index contributed by atoms with van der Waals surface area (Å²) in [5.74, 6) is -0.123. The molecule has 4 aromatic carbocycles. The van der Waals surface area contributed by atoms with Crippen LogP contribution in [-0.4, -0.2) is 48.1 Å². The SMILES string of the molecule is Cc1ccccc1N1CCN(C(=O)c2cc(-c3ccccc3Cl)c3c(c2)N(c2c(C)cccc2O)C(=O)NC3)CC1. The Kier molecular flexibility index (Phi) is 7.05. The Hall–Kier alpha value is -4.49. The largest absolute Gasteiger partial charge is 0.506 e. The number of halogens is 1. The maximum atomic E-state index is 14.0. The van der Waals surface area contributed by atoms with Crippen LogP contribution in [0.4, 0.5) is 21.9 Å². The van der Waals surface area contributed by atoms with Crippen LogP contribution in [0.2, 0.25) is 5.02 Å². The number of phenolic OH excluding ortho intramolecular Hbond substituents is 1. The number of nitrogens with zero attached hydrogens (tertiary/aromatic N) is 3. The van der Waals surface area contributed by atoms with Crippen LogP contribution in [0, 0.1) is 13.8 Å². The molecule has 0 aromatic heterocycles. The van der Waals surface area contributed by atoms with Crippen molar-refractivity contribution in [2.24, 2.45) is 0 Å². The molecule has 0 unspecified atom stereocenters. The zero-order chi connectivity index (χ0) is 28.7. The Morgan fingerprint density at radius 3 is 2.27 bits per heavy atom. The molecule has 0 saturated carbocycles. The molecule has 1 fully saturated rings. The third-order valence-corrected chi connectivity index (χ3v) is 8.29. The minimum absolute atomic E-state index is 0.0173. The number of amides is 3. The molecule has 0 spiro atoms. The molecule has 2 aliphatic heterocycles. The summed E-state index contributed by atoms with van der Waals surface area (Å²) in [4.78, 5) is 33.0. The maximum Gasteiger partial charge on any atom is 0.326 e. The number of carbonyl (C=O) groups is 2. The molecule has 0 aliphatic carbocycles. The summed E-state index contributed by atoms with van der Waals surface area (Å²) < 4.78 is 0. The fraction of sp³-hybridized carbons (Fsp3) is 0.212. The molecule has 6 rings (SSSR count). The van der Waals surface area contributed by atoms with Crippen LogP contribution in [0.25, 0.3) is 11.1 Å². The first-order valence-corrected chi connectivity index (χ1v) is 14.1. The number of nitrogens with one attached hydrogen (secondary N) is 1. The zero-order valence-corrected chi connectivity index (χ0v) is 23.8. The van der Waals surface area contributed by atoms with Crippen molar-refractivity contribution in [1.29, 1.82) is 0 Å². The Morgan fingerprint density at radius 1 is 0.829 bits per heavy atom. The van der Waals surface area contributed by atoms with Gasteiger partial charge in [0.05, 0.1) is 11.4 Å². The van der Waals surface area contributed by atoms with E-state index in [1.54, 1.807) is 18.2 Å². The van der Waals surface area contributed by atoms with Crippen LogP contribution < -0.4 is 15.1 Å². The summed E-state index contributed by atoms with van der Waals surface area (Å²) in [7, 11) is 0. The lowest BCUT2D eigenvalue weighted by Crippen LogP contribution is -2.49. The molecule has 2 N–H and O–H groups in total. The first-order chi connectivity index (χ1) is 19.8. The number of anilines is 3. The van der Waals surface area contributed by atoms with Gasteiger partial charge in [0.25, 0.3) is 5.91 Å². The van der Waals surface area contributed by atoms with Gasteiger partial charge in [-0.05, 0) is 60.9 Å². The molecular formula is C33H31ClN4O3. The first-order valence-electron chi connectivity index (χ1n) is 13.7. The van der Waals surface area contributed by atoms with Crippen molar-refractivity contribution in [3.63, 3.8) is 0 Å². The Labute approximate surface area is 244 Å². The number of carbonyl (C=O) groups excluding carboxylic acids is 2. The highest BCUT2D eigenvalue weighted by molar-refractivity contribution is 6.33. The lowest BCUT2D eigenvalue weighted by molar-refractivity contribution is 0.0746. The number of aryl methyl sites for hydroxylation is 2. The van der Waals surface area contributed by atoms with Crippen LogP contribution in [0.5, 0.6) is 5.75 Å². The highest BCUT2D eigenvalue weighted by atomic mass is 35.5. The van der Waals surface area contributed by atoms with E-state index in [1.807, 2.05) is 60.4 Å². The van der Waals surface area contributed by atoms with Crippen LogP contribution >= 0.6 is 11.6 Å². The van der Waals surface area contributed by atoms with Gasteiger partial charge in [-0.25, -0.2) is 4.79 Å². The summed E-state index contributed by atoms with van der Waals surface area (Å²) in [5.41, 5.74) is 6.90. The van der Waals surface area contributed by atoms with Crippen molar-refractivity contribution in [3.05, 3.63) is 106 Å². The minimum Gasteiger partial charge on any atom is -0.506 e. The maximum absolute atomic E-state index is 14.0. The molecule has 208 valence electrons. The highest BCUT2D eigenvalue weighted by Crippen LogP contribution is 2.44. The summed E-state index contributed by atoms with van der Waals surface area (Å²) in [6, 6.07) is 24.2. The van der Waals surface area contributed by atoms with E-state index in [9.17, 15) is 14.7 Å². The average molecular weight is 567 g/mol. The van der Waals surface area contributed by atoms with Gasteiger partial charge in [0, 0.05) is 60.1 Å². The van der Waals surface area contributed by atoms with E-state index in [1.165, 1.54) is 16.2 Å². The third-order valence-electron chi connectivity index (χ3n) is 7.96. The van der Waals surface area contributed by atoms with Crippen molar-refractivity contribution >= 4 is 40.6 Å². The quantitative estimate of drug-likeness (QED) is 0.290. The summed E-state index contributed by atoms with van der Waals surface area (Å²) in [6.07, 6.45) is 0. The summed E-state index contributed by atoms with van der Waals surface area (Å²) >= 11 is 6.66. The van der Waals surface area contributed by atoms with Crippen LogP contribution in [0.15, 0.2) is 78.9 Å². The number of rotatable bonds is 4. The monoisotopic (exact) mass is 566 g/mol. The van der Waals surface area contributed by atoms with Gasteiger partial charge in [-0.3, -0.25) is 9.69 Å². The van der Waals surface area contributed by atoms with Gasteiger partial charge in [-0.1, -0.05) is 60.1 Å². The van der Waals surface area contributed by atoms with E-state index in [0.717, 1.165) is 35.3 Å². The molecular weight excluding hydrogens is 536 g/mol. The smallest absolute Gasteiger partial charge is 0.326 e. The number of benzene rings is 4. The zero-order valence-electron chi connectivity index (χ0n) is 23.0. The van der Waals surface area contributed by atoms with E-state index < -0.39 is 0 Å². The summed E-state index contributed by atoms with van der Waals surface area (Å²) in [5, 5.41) is 14.3. The number of para-hydroxylation sites is 2. The van der Waals surface area contributed by atoms with E-state index >= 15 is 0 Å². The second kappa shape index (κ2) is 10.8. The van der Waals surface area contributed by atoms with Crippen molar-refractivity contribution in [2.75, 3.05) is 36.0 Å². The van der Waals surface area contributed by atoms with Gasteiger partial charge in [0.15, 0.2) is 0 Å². The molecule has 0 atom stereocenters. The van der Waals surface area contributed by atoms with Crippen LogP contribution in [0.1, 0.15) is 27.0 Å². The van der Waals surface area contributed by atoms with Crippen molar-refractivity contribution in [3.8, 4) is 16.9 Å². The van der Waals surface area contributed by atoms with Crippen molar-refractivity contribution in [2.45, 2.75) is 20.4 Å². The Balaban J connectivity index is 1.42. The van der Waals surface area contributed by atoms with Gasteiger partial charge in [0.1, 0.15) is 5.75 Å². The molecule has 3 amide bonds. The molecule has 8 heteroatoms. The number of hydrogen-bond donors (Lipinski definition) is 2. The minimum atomic E-state index is -0.372. The molecule has 7 nitrogen and oxygen atoms in total. The predicted octanol–water partition coefficient (Wildman–Crippen LogP) is 6.65. The molecule has 0 radical (unpaired) electrons. The standard InChI is InChI=1S/C33H31ClN4O3/c1-21-8-3-6-12-28(21)36-14-16-37(17-15-36)32(40)23-18-25(24-10-4-5-11-27(24)34)26-20-35-33(41)38(29(26)19-23)31-22(2)9-7-13-30(31)39/h3-13,18-19,39H,14-17,20H2,1-2H3,(H,35,41). The second-order valence-corrected chi connectivity index (χ2v) is 10.9. The predicted molar refractivity (Wildman–Crippen MR) is 163 cm³/mol. The van der Waals surface area contributed by atoms with Crippen molar-refractivity contribution < 1.29 is 14.7 Å². The molecule has 1 saturated heterocycles. The highest BCUT2D eigenvalue weighted by Gasteiger charge is 2.33. The second-order valence-electron chi connectivity index (χ2n) is 10.5. The molecule has 2 aliphatic rings. The molecule has 2 heterocycles. The van der Waals surface area contributed by atoms with Gasteiger partial charge < -0.3 is 20.2 Å². The van der Waals surface area contributed by atoms with Gasteiger partial charge in [-0.2, -0.15) is 0 Å². The lowest BCUT2D eigenvalue weighted by atomic mass is 9.92. The topological polar surface area (TPSA) is 76.1 Å². The molecule has 0 bridgehead atoms. The number of aromatic hydroxyl groups is 1. The van der Waals surface area contributed by atoms with E-state index in [0.29, 0.717) is 35.1 Å².